The summed E-state index contributed by atoms with van der Waals surface area (Å²) in [6, 6.07) is 0. The number of nitrogen functional groups attached to an aromatic ring is 1. The molecule has 0 aliphatic rings. The van der Waals surface area contributed by atoms with Gasteiger partial charge < -0.3 is 36.9 Å². The zero-order valence-electron chi connectivity index (χ0n) is 12.1. The first kappa shape index (κ1) is 23.5. The van der Waals surface area contributed by atoms with E-state index in [1.54, 1.807) is 4.90 Å². The number of hydrogen-bond donors (Lipinski definition) is 3. The van der Waals surface area contributed by atoms with E-state index >= 15 is 0 Å². The Morgan fingerprint density at radius 3 is 2.05 bits per heavy atom. The van der Waals surface area contributed by atoms with Crippen LogP contribution in [0, 0.1) is 0 Å². The van der Waals surface area contributed by atoms with Crippen molar-refractivity contribution in [2.24, 2.45) is 0 Å². The predicted molar refractivity (Wildman–Crippen MR) is 85.1 cm³/mol. The lowest BCUT2D eigenvalue weighted by Crippen LogP contribution is -2.21. The first-order valence-corrected chi connectivity index (χ1v) is 5.34. The van der Waals surface area contributed by atoms with Gasteiger partial charge in [-0.05, 0) is 0 Å². The molecular weight excluding hydrogens is 288 g/mol. The van der Waals surface area contributed by atoms with Crippen LogP contribution in [0.15, 0.2) is 0 Å². The third-order valence-corrected chi connectivity index (χ3v) is 2.14. The summed E-state index contributed by atoms with van der Waals surface area (Å²) in [5, 5.41) is 11.8. The lowest BCUT2D eigenvalue weighted by molar-refractivity contribution is 0.311. The molecule has 1 aromatic rings. The van der Waals surface area contributed by atoms with Crippen molar-refractivity contribution >= 4 is 35.7 Å². The summed E-state index contributed by atoms with van der Waals surface area (Å²) in [4.78, 5) is 12.3. The summed E-state index contributed by atoms with van der Waals surface area (Å²) >= 11 is 0. The van der Waals surface area contributed by atoms with Crippen LogP contribution in [0.2, 0.25) is 0 Å². The number of aliphatic hydroxyl groups excluding tert-OH is 1. The Balaban J connectivity index is -0.000000963. The second-order valence-corrected chi connectivity index (χ2v) is 4.05. The van der Waals surface area contributed by atoms with Crippen LogP contribution in [0.3, 0.4) is 0 Å². The lowest BCUT2D eigenvalue weighted by atomic mass is 10.4. The van der Waals surface area contributed by atoms with E-state index in [1.165, 1.54) is 0 Å². The molecule has 0 bridgehead atoms. The van der Waals surface area contributed by atoms with E-state index in [0.717, 1.165) is 0 Å². The largest absolute Gasteiger partial charge is 0.412 e. The molecule has 1 heterocycles. The van der Waals surface area contributed by atoms with E-state index in [2.05, 4.69) is 15.3 Å². The van der Waals surface area contributed by atoms with Crippen LogP contribution in [-0.4, -0.2) is 67.4 Å². The summed E-state index contributed by atoms with van der Waals surface area (Å²) in [6.45, 7) is 0.430. The summed E-state index contributed by atoms with van der Waals surface area (Å²) in [5.74, 6) is 1.77. The maximum atomic E-state index is 8.81. The molecule has 0 aromatic carbocycles. The van der Waals surface area contributed by atoms with Crippen molar-refractivity contribution in [3.05, 3.63) is 0 Å². The summed E-state index contributed by atoms with van der Waals surface area (Å²) in [5.41, 5.74) is 6.45. The van der Waals surface area contributed by atoms with Crippen LogP contribution in [0.5, 0.6) is 0 Å². The van der Waals surface area contributed by atoms with Gasteiger partial charge in [-0.3, -0.25) is 0 Å². The topological polar surface area (TPSA) is 154 Å². The molecule has 0 radical (unpaired) electrons. The molecule has 0 saturated heterocycles. The second kappa shape index (κ2) is 10.3. The van der Waals surface area contributed by atoms with Crippen LogP contribution in [0.25, 0.3) is 0 Å². The Hall–Kier alpha value is -1.55. The molecule has 0 fully saturated rings. The molecule has 0 aliphatic carbocycles. The van der Waals surface area contributed by atoms with Gasteiger partial charge in [0.1, 0.15) is 5.69 Å². The van der Waals surface area contributed by atoms with Crippen LogP contribution < -0.4 is 20.9 Å². The van der Waals surface area contributed by atoms with Crippen LogP contribution in [-0.2, 0) is 0 Å². The minimum atomic E-state index is 0. The standard InChI is InChI=1S/C10H20N6O.ClH.2H2O/c1-15(2)9-7(11)8(12-5-6-17)13-10(14-9)16(3)4;;;/h17H,5-6,11H2,1-4H3,(H,12,13,14);1H;2*1H2. The molecule has 120 valence electrons. The van der Waals surface area contributed by atoms with E-state index in [1.807, 2.05) is 33.1 Å². The average molecular weight is 313 g/mol. The van der Waals surface area contributed by atoms with Crippen molar-refractivity contribution in [1.29, 1.82) is 0 Å². The number of aliphatic hydroxyl groups is 1. The van der Waals surface area contributed by atoms with Gasteiger partial charge in [0.05, 0.1) is 6.61 Å². The Bertz CT molecular complexity index is 392. The number of nitrogens with one attached hydrogen (secondary N) is 1. The monoisotopic (exact) mass is 312 g/mol. The van der Waals surface area contributed by atoms with Gasteiger partial charge in [0.15, 0.2) is 11.6 Å². The summed E-state index contributed by atoms with van der Waals surface area (Å²) < 4.78 is 0. The molecular formula is C10H25ClN6O3. The molecule has 8 N–H and O–H groups in total. The van der Waals surface area contributed by atoms with Crippen molar-refractivity contribution in [3.8, 4) is 0 Å². The van der Waals surface area contributed by atoms with E-state index in [0.29, 0.717) is 29.8 Å². The van der Waals surface area contributed by atoms with E-state index in [9.17, 15) is 0 Å². The number of halogens is 1. The quantitative estimate of drug-likeness (QED) is 0.589. The highest BCUT2D eigenvalue weighted by Crippen LogP contribution is 2.27. The molecule has 0 saturated carbocycles. The molecule has 0 spiro atoms. The molecule has 0 unspecified atom stereocenters. The molecule has 10 heteroatoms. The molecule has 0 aliphatic heterocycles. The fourth-order valence-corrected chi connectivity index (χ4v) is 1.30. The van der Waals surface area contributed by atoms with Gasteiger partial charge in [-0.25, -0.2) is 0 Å². The highest BCUT2D eigenvalue weighted by atomic mass is 35.5. The Labute approximate surface area is 124 Å². The van der Waals surface area contributed by atoms with Gasteiger partial charge >= 0.3 is 0 Å². The fraction of sp³-hybridized carbons (Fsp3) is 0.600. The maximum absolute atomic E-state index is 8.81. The average Bonchev–Trinajstić information content (AvgIpc) is 2.26. The number of rotatable bonds is 5. The van der Waals surface area contributed by atoms with Gasteiger partial charge in [0.25, 0.3) is 0 Å². The Morgan fingerprint density at radius 2 is 1.65 bits per heavy atom. The zero-order chi connectivity index (χ0) is 13.0. The smallest absolute Gasteiger partial charge is 0.228 e. The van der Waals surface area contributed by atoms with Gasteiger partial charge in [-0.15, -0.1) is 12.4 Å². The summed E-state index contributed by atoms with van der Waals surface area (Å²) in [6.07, 6.45) is 0. The zero-order valence-corrected chi connectivity index (χ0v) is 13.0. The van der Waals surface area contributed by atoms with Crippen LogP contribution >= 0.6 is 12.4 Å². The first-order valence-electron chi connectivity index (χ1n) is 5.34. The third-order valence-electron chi connectivity index (χ3n) is 2.14. The van der Waals surface area contributed by atoms with Crippen molar-refractivity contribution < 1.29 is 16.1 Å². The highest BCUT2D eigenvalue weighted by Gasteiger charge is 2.13. The number of nitrogens with zero attached hydrogens (tertiary/aromatic N) is 4. The normalized spacial score (nSPS) is 8.65. The summed E-state index contributed by atoms with van der Waals surface area (Å²) in [7, 11) is 7.46. The number of anilines is 4. The third kappa shape index (κ3) is 5.61. The van der Waals surface area contributed by atoms with Gasteiger partial charge in [-0.2, -0.15) is 9.97 Å². The van der Waals surface area contributed by atoms with Crippen molar-refractivity contribution in [2.45, 2.75) is 0 Å². The van der Waals surface area contributed by atoms with Crippen molar-refractivity contribution in [2.75, 3.05) is 62.2 Å². The minimum Gasteiger partial charge on any atom is -0.412 e. The van der Waals surface area contributed by atoms with Gasteiger partial charge in [0, 0.05) is 34.7 Å². The molecule has 9 nitrogen and oxygen atoms in total. The van der Waals surface area contributed by atoms with Gasteiger partial charge in [-0.1, -0.05) is 0 Å². The number of nitrogens with two attached hydrogens (primary N) is 1. The molecule has 1 aromatic heterocycles. The first-order chi connectivity index (χ1) is 7.97. The minimum absolute atomic E-state index is 0. The Morgan fingerprint density at radius 1 is 1.10 bits per heavy atom. The van der Waals surface area contributed by atoms with Crippen molar-refractivity contribution in [3.63, 3.8) is 0 Å². The van der Waals surface area contributed by atoms with E-state index < -0.39 is 0 Å². The fourth-order valence-electron chi connectivity index (χ4n) is 1.30. The molecule has 0 atom stereocenters. The number of hydrogen-bond acceptors (Lipinski definition) is 7. The predicted octanol–water partition coefficient (Wildman–Crippen LogP) is -1.63. The maximum Gasteiger partial charge on any atom is 0.228 e. The molecule has 1 rings (SSSR count). The number of aromatic nitrogens is 2. The van der Waals surface area contributed by atoms with E-state index in [-0.39, 0.29) is 30.0 Å². The van der Waals surface area contributed by atoms with Crippen molar-refractivity contribution in [1.82, 2.24) is 9.97 Å². The van der Waals surface area contributed by atoms with Crippen LogP contribution in [0.1, 0.15) is 0 Å². The highest BCUT2D eigenvalue weighted by molar-refractivity contribution is 5.85. The molecule has 20 heavy (non-hydrogen) atoms. The van der Waals surface area contributed by atoms with E-state index in [4.69, 9.17) is 10.8 Å². The van der Waals surface area contributed by atoms with Crippen LogP contribution in [0.4, 0.5) is 23.3 Å². The Kier molecular flexibility index (Phi) is 12.1. The lowest BCUT2D eigenvalue weighted by Gasteiger charge is -2.20. The SMILES string of the molecule is CN(C)c1nc(NCCO)c(N)c(N(C)C)n1.Cl.O.O. The van der Waals surface area contributed by atoms with Gasteiger partial charge in [0.2, 0.25) is 5.95 Å². The molecule has 0 amide bonds. The second-order valence-electron chi connectivity index (χ2n) is 4.05.